The van der Waals surface area contributed by atoms with Crippen molar-refractivity contribution in [1.29, 1.82) is 0 Å². The Morgan fingerprint density at radius 3 is 1.48 bits per heavy atom. The van der Waals surface area contributed by atoms with Gasteiger partial charge in [-0.25, -0.2) is 0 Å². The van der Waals surface area contributed by atoms with E-state index in [-0.39, 0.29) is 50.6 Å². The molecule has 0 aromatic heterocycles. The van der Waals surface area contributed by atoms with E-state index in [1.165, 1.54) is 0 Å². The molecule has 6 nitrogen and oxygen atoms in total. The zero-order chi connectivity index (χ0) is 16.3. The minimum Gasteiger partial charge on any atom is -0.465 e. The summed E-state index contributed by atoms with van der Waals surface area (Å²) < 4.78 is 15.3. The van der Waals surface area contributed by atoms with Crippen LogP contribution in [0, 0.1) is 5.41 Å². The van der Waals surface area contributed by atoms with Crippen LogP contribution in [0.4, 0.5) is 0 Å². The van der Waals surface area contributed by atoms with Crippen LogP contribution in [0.3, 0.4) is 0 Å². The molecule has 0 unspecified atom stereocenters. The van der Waals surface area contributed by atoms with Gasteiger partial charge in [0.05, 0.1) is 5.41 Å². The van der Waals surface area contributed by atoms with E-state index in [1.54, 1.807) is 20.8 Å². The van der Waals surface area contributed by atoms with E-state index in [0.717, 1.165) is 0 Å². The lowest BCUT2D eigenvalue weighted by molar-refractivity contribution is -0.160. The Kier molecular flexibility index (Phi) is 9.41. The summed E-state index contributed by atoms with van der Waals surface area (Å²) >= 11 is 0. The van der Waals surface area contributed by atoms with Crippen molar-refractivity contribution in [2.24, 2.45) is 5.41 Å². The zero-order valence-electron chi connectivity index (χ0n) is 13.4. The van der Waals surface area contributed by atoms with Crippen molar-refractivity contribution in [2.45, 2.75) is 53.4 Å². The first kappa shape index (κ1) is 19.4. The van der Waals surface area contributed by atoms with Crippen LogP contribution in [-0.2, 0) is 28.6 Å². The van der Waals surface area contributed by atoms with Crippen molar-refractivity contribution in [3.8, 4) is 0 Å². The van der Waals surface area contributed by atoms with E-state index in [1.807, 2.05) is 6.92 Å². The molecule has 0 aromatic carbocycles. The number of carbonyl (C=O) groups is 3. The van der Waals surface area contributed by atoms with Gasteiger partial charge in [0, 0.05) is 19.3 Å². The van der Waals surface area contributed by atoms with Crippen molar-refractivity contribution in [2.75, 3.05) is 19.8 Å². The maximum atomic E-state index is 11.4. The van der Waals surface area contributed by atoms with Crippen LogP contribution in [0.2, 0.25) is 0 Å². The van der Waals surface area contributed by atoms with Crippen LogP contribution in [0.15, 0.2) is 0 Å². The van der Waals surface area contributed by atoms with Crippen LogP contribution in [0.25, 0.3) is 0 Å². The largest absolute Gasteiger partial charge is 0.465 e. The number of hydrogen-bond donors (Lipinski definition) is 0. The van der Waals surface area contributed by atoms with Gasteiger partial charge in [-0.15, -0.1) is 0 Å². The molecule has 0 spiro atoms. The van der Waals surface area contributed by atoms with Gasteiger partial charge in [-0.05, 0) is 13.3 Å². The summed E-state index contributed by atoms with van der Waals surface area (Å²) in [6, 6.07) is 0. The molecule has 0 N–H and O–H groups in total. The predicted octanol–water partition coefficient (Wildman–Crippen LogP) is 2.24. The fraction of sp³-hybridized carbons (Fsp3) is 0.800. The summed E-state index contributed by atoms with van der Waals surface area (Å²) in [7, 11) is 0. The minimum atomic E-state index is -0.737. The highest BCUT2D eigenvalue weighted by molar-refractivity contribution is 5.70. The average molecular weight is 302 g/mol. The standard InChI is InChI=1S/C15H26O6/c1-5-8-14(18)21-11-15(4,9-19-12(16)6-2)10-20-13(17)7-3/h5-11H2,1-4H3. The molecular weight excluding hydrogens is 276 g/mol. The Bertz CT molecular complexity index is 330. The van der Waals surface area contributed by atoms with E-state index < -0.39 is 5.41 Å². The van der Waals surface area contributed by atoms with Gasteiger partial charge in [-0.3, -0.25) is 14.4 Å². The van der Waals surface area contributed by atoms with E-state index in [0.29, 0.717) is 12.8 Å². The molecule has 0 aliphatic rings. The van der Waals surface area contributed by atoms with Gasteiger partial charge in [0.25, 0.3) is 0 Å². The molecule has 0 fully saturated rings. The van der Waals surface area contributed by atoms with Crippen LogP contribution in [-0.4, -0.2) is 37.7 Å². The van der Waals surface area contributed by atoms with E-state index in [2.05, 4.69) is 0 Å². The Hall–Kier alpha value is -1.59. The second-order valence-electron chi connectivity index (χ2n) is 5.25. The fourth-order valence-corrected chi connectivity index (χ4v) is 1.37. The average Bonchev–Trinajstić information content (AvgIpc) is 2.48. The second-order valence-corrected chi connectivity index (χ2v) is 5.25. The zero-order valence-corrected chi connectivity index (χ0v) is 13.4. The molecule has 0 rings (SSSR count). The lowest BCUT2D eigenvalue weighted by Gasteiger charge is -2.28. The highest BCUT2D eigenvalue weighted by Crippen LogP contribution is 2.19. The van der Waals surface area contributed by atoms with E-state index in [4.69, 9.17) is 14.2 Å². The third-order valence-corrected chi connectivity index (χ3v) is 2.78. The summed E-state index contributed by atoms with van der Waals surface area (Å²) in [5.41, 5.74) is -0.737. The molecule has 0 atom stereocenters. The van der Waals surface area contributed by atoms with E-state index >= 15 is 0 Å². The SMILES string of the molecule is CCCC(=O)OCC(C)(COC(=O)CC)COC(=O)CC. The van der Waals surface area contributed by atoms with Gasteiger partial charge >= 0.3 is 17.9 Å². The molecule has 21 heavy (non-hydrogen) atoms. The van der Waals surface area contributed by atoms with Gasteiger partial charge in [-0.1, -0.05) is 20.8 Å². The van der Waals surface area contributed by atoms with Gasteiger partial charge in [0.1, 0.15) is 19.8 Å². The molecule has 0 heterocycles. The van der Waals surface area contributed by atoms with Crippen LogP contribution >= 0.6 is 0 Å². The van der Waals surface area contributed by atoms with Crippen LogP contribution < -0.4 is 0 Å². The Labute approximate surface area is 126 Å². The monoisotopic (exact) mass is 302 g/mol. The maximum Gasteiger partial charge on any atom is 0.305 e. The first-order chi connectivity index (χ1) is 9.86. The summed E-state index contributed by atoms with van der Waals surface area (Å²) in [6.45, 7) is 7.13. The third kappa shape index (κ3) is 9.05. The normalized spacial score (nSPS) is 10.9. The van der Waals surface area contributed by atoms with Gasteiger partial charge in [-0.2, -0.15) is 0 Å². The number of carbonyl (C=O) groups excluding carboxylic acids is 3. The summed E-state index contributed by atoms with van der Waals surface area (Å²) in [4.78, 5) is 34.0. The first-order valence-corrected chi connectivity index (χ1v) is 7.33. The number of hydrogen-bond acceptors (Lipinski definition) is 6. The molecule has 0 aliphatic heterocycles. The second kappa shape index (κ2) is 10.2. The fourth-order valence-electron chi connectivity index (χ4n) is 1.37. The van der Waals surface area contributed by atoms with E-state index in [9.17, 15) is 14.4 Å². The van der Waals surface area contributed by atoms with Crippen molar-refractivity contribution in [3.05, 3.63) is 0 Å². The molecule has 0 aromatic rings. The number of ether oxygens (including phenoxy) is 3. The lowest BCUT2D eigenvalue weighted by atomic mass is 9.94. The Balaban J connectivity index is 4.53. The molecule has 0 amide bonds. The molecule has 0 bridgehead atoms. The van der Waals surface area contributed by atoms with Crippen molar-refractivity contribution in [3.63, 3.8) is 0 Å². The number of rotatable bonds is 10. The van der Waals surface area contributed by atoms with Crippen molar-refractivity contribution >= 4 is 17.9 Å². The summed E-state index contributed by atoms with van der Waals surface area (Å²) in [5, 5.41) is 0. The number of esters is 3. The van der Waals surface area contributed by atoms with Gasteiger partial charge in [0.2, 0.25) is 0 Å². The predicted molar refractivity (Wildman–Crippen MR) is 76.5 cm³/mol. The topological polar surface area (TPSA) is 78.9 Å². The minimum absolute atomic E-state index is 0.0378. The van der Waals surface area contributed by atoms with Crippen molar-refractivity contribution in [1.82, 2.24) is 0 Å². The molecule has 0 radical (unpaired) electrons. The highest BCUT2D eigenvalue weighted by atomic mass is 16.6. The maximum absolute atomic E-state index is 11.4. The summed E-state index contributed by atoms with van der Waals surface area (Å²) in [6.07, 6.45) is 1.56. The van der Waals surface area contributed by atoms with Gasteiger partial charge in [0.15, 0.2) is 0 Å². The third-order valence-electron chi connectivity index (χ3n) is 2.78. The highest BCUT2D eigenvalue weighted by Gasteiger charge is 2.30. The molecule has 0 saturated heterocycles. The van der Waals surface area contributed by atoms with Crippen LogP contribution in [0.1, 0.15) is 53.4 Å². The van der Waals surface area contributed by atoms with Crippen LogP contribution in [0.5, 0.6) is 0 Å². The molecule has 0 saturated carbocycles. The molecule has 6 heteroatoms. The quantitative estimate of drug-likeness (QED) is 0.455. The molecular formula is C15H26O6. The first-order valence-electron chi connectivity index (χ1n) is 7.33. The summed E-state index contributed by atoms with van der Waals surface area (Å²) in [5.74, 6) is -1.00. The van der Waals surface area contributed by atoms with Gasteiger partial charge < -0.3 is 14.2 Å². The Morgan fingerprint density at radius 1 is 0.762 bits per heavy atom. The van der Waals surface area contributed by atoms with Crippen molar-refractivity contribution < 1.29 is 28.6 Å². The smallest absolute Gasteiger partial charge is 0.305 e. The molecule has 0 aliphatic carbocycles. The molecule has 122 valence electrons. The lowest BCUT2D eigenvalue weighted by Crippen LogP contribution is -2.36. The Morgan fingerprint density at radius 2 is 1.14 bits per heavy atom.